The molecule has 2 aromatic carbocycles. The van der Waals surface area contributed by atoms with Gasteiger partial charge in [-0.15, -0.1) is 0 Å². The van der Waals surface area contributed by atoms with Gasteiger partial charge in [0.1, 0.15) is 6.04 Å². The summed E-state index contributed by atoms with van der Waals surface area (Å²) in [7, 11) is 0. The van der Waals surface area contributed by atoms with E-state index in [-0.39, 0.29) is 11.8 Å². The lowest BCUT2D eigenvalue weighted by atomic mass is 9.92. The fourth-order valence-electron chi connectivity index (χ4n) is 4.31. The smallest absolute Gasteiger partial charge is 0.251 e. The predicted molar refractivity (Wildman–Crippen MR) is 130 cm³/mol. The van der Waals surface area contributed by atoms with Crippen molar-refractivity contribution in [1.29, 1.82) is 0 Å². The van der Waals surface area contributed by atoms with Crippen molar-refractivity contribution in [3.05, 3.63) is 77.4 Å². The van der Waals surface area contributed by atoms with Gasteiger partial charge in [0.25, 0.3) is 5.91 Å². The molecule has 1 unspecified atom stereocenters. The highest BCUT2D eigenvalue weighted by atomic mass is 16.2. The number of nitrogens with one attached hydrogen (secondary N) is 1. The zero-order valence-corrected chi connectivity index (χ0v) is 19.3. The number of amides is 2. The van der Waals surface area contributed by atoms with Crippen molar-refractivity contribution in [2.45, 2.75) is 52.0 Å². The molecule has 0 spiro atoms. The fraction of sp³-hybridized carbons (Fsp3) is 0.407. The number of aryl methyl sites for hydroxylation is 1. The van der Waals surface area contributed by atoms with E-state index in [1.807, 2.05) is 36.1 Å². The van der Waals surface area contributed by atoms with Crippen molar-refractivity contribution in [2.75, 3.05) is 13.1 Å². The highest BCUT2D eigenvalue weighted by Crippen LogP contribution is 2.22. The zero-order valence-electron chi connectivity index (χ0n) is 19.3. The summed E-state index contributed by atoms with van der Waals surface area (Å²) in [4.78, 5) is 28.3. The Kier molecular flexibility index (Phi) is 8.09. The predicted octanol–water partition coefficient (Wildman–Crippen LogP) is 4.30. The van der Waals surface area contributed by atoms with Gasteiger partial charge in [-0.1, -0.05) is 68.3 Å². The fourth-order valence-corrected chi connectivity index (χ4v) is 4.31. The van der Waals surface area contributed by atoms with Crippen LogP contribution in [0.25, 0.3) is 5.70 Å². The van der Waals surface area contributed by atoms with Crippen LogP contribution in [0.2, 0.25) is 0 Å². The summed E-state index contributed by atoms with van der Waals surface area (Å²) < 4.78 is 0. The summed E-state index contributed by atoms with van der Waals surface area (Å²) in [5.74, 6) is 0.441. The molecule has 32 heavy (non-hydrogen) atoms. The van der Waals surface area contributed by atoms with E-state index in [0.717, 1.165) is 37.1 Å². The molecule has 0 aliphatic carbocycles. The van der Waals surface area contributed by atoms with Crippen LogP contribution >= 0.6 is 0 Å². The van der Waals surface area contributed by atoms with Crippen molar-refractivity contribution in [3.8, 4) is 0 Å². The number of carbonyl (C=O) groups is 2. The van der Waals surface area contributed by atoms with E-state index < -0.39 is 6.04 Å². The Labute approximate surface area is 191 Å². The zero-order chi connectivity index (χ0) is 23.1. The average molecular weight is 434 g/mol. The molecule has 5 nitrogen and oxygen atoms in total. The van der Waals surface area contributed by atoms with Gasteiger partial charge in [-0.05, 0) is 48.9 Å². The minimum atomic E-state index is -0.600. The molecular formula is C27H35N3O2. The third-order valence-corrected chi connectivity index (χ3v) is 6.30. The molecule has 3 rings (SSSR count). The SMILES string of the molecule is C=C(N)c1ccc(C(=O)NC(Cc2ccc(C)cc2)C(=O)N2CCC(CCC)CC2)cc1. The molecule has 1 aliphatic rings. The van der Waals surface area contributed by atoms with Gasteiger partial charge >= 0.3 is 0 Å². The first-order chi connectivity index (χ1) is 15.4. The number of benzene rings is 2. The monoisotopic (exact) mass is 433 g/mol. The van der Waals surface area contributed by atoms with E-state index in [2.05, 4.69) is 18.8 Å². The average Bonchev–Trinajstić information content (AvgIpc) is 2.80. The van der Waals surface area contributed by atoms with E-state index in [0.29, 0.717) is 23.6 Å². The number of hydrogen-bond acceptors (Lipinski definition) is 3. The Bertz CT molecular complexity index is 926. The summed E-state index contributed by atoms with van der Waals surface area (Å²) in [5.41, 5.74) is 9.66. The molecule has 1 heterocycles. The van der Waals surface area contributed by atoms with Crippen LogP contribution in [0.3, 0.4) is 0 Å². The number of rotatable bonds is 8. The van der Waals surface area contributed by atoms with Crippen LogP contribution in [0.4, 0.5) is 0 Å². The van der Waals surface area contributed by atoms with Crippen molar-refractivity contribution >= 4 is 17.5 Å². The highest BCUT2D eigenvalue weighted by molar-refractivity contribution is 5.97. The lowest BCUT2D eigenvalue weighted by Crippen LogP contribution is -2.51. The van der Waals surface area contributed by atoms with E-state index in [4.69, 9.17) is 5.73 Å². The van der Waals surface area contributed by atoms with Gasteiger partial charge in [-0.25, -0.2) is 0 Å². The van der Waals surface area contributed by atoms with E-state index in [1.54, 1.807) is 24.3 Å². The summed E-state index contributed by atoms with van der Waals surface area (Å²) >= 11 is 0. The number of nitrogens with two attached hydrogens (primary N) is 1. The number of piperidine rings is 1. The van der Waals surface area contributed by atoms with Gasteiger partial charge in [0.2, 0.25) is 5.91 Å². The summed E-state index contributed by atoms with van der Waals surface area (Å²) in [6.45, 7) is 9.49. The van der Waals surface area contributed by atoms with E-state index in [9.17, 15) is 9.59 Å². The Morgan fingerprint density at radius 3 is 2.22 bits per heavy atom. The first-order valence-corrected chi connectivity index (χ1v) is 11.6. The molecule has 1 aliphatic heterocycles. The van der Waals surface area contributed by atoms with E-state index >= 15 is 0 Å². The number of likely N-dealkylation sites (tertiary alicyclic amines) is 1. The molecule has 1 saturated heterocycles. The summed E-state index contributed by atoms with van der Waals surface area (Å²) in [5, 5.41) is 2.99. The Balaban J connectivity index is 1.74. The molecule has 170 valence electrons. The largest absolute Gasteiger partial charge is 0.399 e. The Hall–Kier alpha value is -3.08. The number of carbonyl (C=O) groups excluding carboxylic acids is 2. The second-order valence-electron chi connectivity index (χ2n) is 8.88. The van der Waals surface area contributed by atoms with Crippen LogP contribution in [0.5, 0.6) is 0 Å². The van der Waals surface area contributed by atoms with Crippen LogP contribution in [0.15, 0.2) is 55.1 Å². The summed E-state index contributed by atoms with van der Waals surface area (Å²) in [6.07, 6.45) is 4.94. The molecule has 1 fully saturated rings. The maximum Gasteiger partial charge on any atom is 0.251 e. The second kappa shape index (κ2) is 11.0. The molecule has 1 atom stereocenters. The van der Waals surface area contributed by atoms with Crippen LogP contribution in [-0.4, -0.2) is 35.8 Å². The summed E-state index contributed by atoms with van der Waals surface area (Å²) in [6, 6.07) is 14.5. The lowest BCUT2D eigenvalue weighted by molar-refractivity contribution is -0.134. The highest BCUT2D eigenvalue weighted by Gasteiger charge is 2.29. The maximum absolute atomic E-state index is 13.4. The Morgan fingerprint density at radius 2 is 1.66 bits per heavy atom. The molecule has 5 heteroatoms. The first-order valence-electron chi connectivity index (χ1n) is 11.6. The minimum absolute atomic E-state index is 0.000768. The lowest BCUT2D eigenvalue weighted by Gasteiger charge is -2.34. The first kappa shape index (κ1) is 23.6. The molecular weight excluding hydrogens is 398 g/mol. The molecule has 0 radical (unpaired) electrons. The third-order valence-electron chi connectivity index (χ3n) is 6.30. The number of hydrogen-bond donors (Lipinski definition) is 2. The van der Waals surface area contributed by atoms with Gasteiger partial charge in [-0.2, -0.15) is 0 Å². The van der Waals surface area contributed by atoms with Crippen LogP contribution in [0, 0.1) is 12.8 Å². The van der Waals surface area contributed by atoms with Gasteiger partial charge in [0.15, 0.2) is 0 Å². The molecule has 0 bridgehead atoms. The van der Waals surface area contributed by atoms with Crippen molar-refractivity contribution in [2.24, 2.45) is 11.7 Å². The van der Waals surface area contributed by atoms with Crippen molar-refractivity contribution < 1.29 is 9.59 Å². The molecule has 0 aromatic heterocycles. The van der Waals surface area contributed by atoms with Gasteiger partial charge in [-0.3, -0.25) is 9.59 Å². The van der Waals surface area contributed by atoms with E-state index in [1.165, 1.54) is 18.4 Å². The van der Waals surface area contributed by atoms with Crippen LogP contribution in [-0.2, 0) is 11.2 Å². The van der Waals surface area contributed by atoms with Crippen LogP contribution < -0.4 is 11.1 Å². The second-order valence-corrected chi connectivity index (χ2v) is 8.88. The van der Waals surface area contributed by atoms with Gasteiger partial charge in [0, 0.05) is 30.8 Å². The maximum atomic E-state index is 13.4. The van der Waals surface area contributed by atoms with Gasteiger partial charge in [0.05, 0.1) is 0 Å². The topological polar surface area (TPSA) is 75.4 Å². The third kappa shape index (κ3) is 6.22. The number of nitrogens with zero attached hydrogens (tertiary/aromatic N) is 1. The normalized spacial score (nSPS) is 15.2. The van der Waals surface area contributed by atoms with Gasteiger partial charge < -0.3 is 16.0 Å². The van der Waals surface area contributed by atoms with Crippen molar-refractivity contribution in [1.82, 2.24) is 10.2 Å². The minimum Gasteiger partial charge on any atom is -0.399 e. The molecule has 2 aromatic rings. The standard InChI is InChI=1S/C27H35N3O2/c1-4-5-21-14-16-30(17-15-21)27(32)25(18-22-8-6-19(2)7-9-22)29-26(31)24-12-10-23(11-13-24)20(3)28/h6-13,21,25H,3-5,14-18,28H2,1-2H3,(H,29,31). The molecule has 3 N–H and O–H groups in total. The van der Waals surface area contributed by atoms with Crippen LogP contribution in [0.1, 0.15) is 59.7 Å². The Morgan fingerprint density at radius 1 is 1.06 bits per heavy atom. The van der Waals surface area contributed by atoms with Crippen molar-refractivity contribution in [3.63, 3.8) is 0 Å². The molecule has 0 saturated carbocycles. The molecule has 2 amide bonds. The quantitative estimate of drug-likeness (QED) is 0.652.